The summed E-state index contributed by atoms with van der Waals surface area (Å²) in [4.78, 5) is 26.4. The summed E-state index contributed by atoms with van der Waals surface area (Å²) in [6.45, 7) is 4.13. The van der Waals surface area contributed by atoms with E-state index in [9.17, 15) is 9.59 Å². The molecule has 1 unspecified atom stereocenters. The largest absolute Gasteiger partial charge is 0.465 e. The lowest BCUT2D eigenvalue weighted by Crippen LogP contribution is -2.35. The number of ether oxygens (including phenoxy) is 1. The number of methoxy groups -OCH3 is 1. The van der Waals surface area contributed by atoms with Gasteiger partial charge in [-0.1, -0.05) is 19.1 Å². The van der Waals surface area contributed by atoms with Crippen molar-refractivity contribution in [3.63, 3.8) is 0 Å². The fraction of sp³-hybridized carbons (Fsp3) is 0.368. The van der Waals surface area contributed by atoms with Gasteiger partial charge in [-0.25, -0.2) is 4.79 Å². The zero-order chi connectivity index (χ0) is 18.5. The lowest BCUT2D eigenvalue weighted by molar-refractivity contribution is 0.0602. The smallest absolute Gasteiger partial charge is 0.339 e. The van der Waals surface area contributed by atoms with Crippen LogP contribution in [0.3, 0.4) is 0 Å². The second-order valence-corrected chi connectivity index (χ2v) is 6.46. The minimum atomic E-state index is -0.512. The Labute approximate surface area is 152 Å². The van der Waals surface area contributed by atoms with Crippen molar-refractivity contribution in [1.29, 1.82) is 0 Å². The van der Waals surface area contributed by atoms with Crippen LogP contribution < -0.4 is 10.2 Å². The molecule has 1 amide bonds. The number of carbonyl (C=O) groups is 2. The number of aromatic nitrogens is 2. The molecule has 0 aliphatic carbocycles. The van der Waals surface area contributed by atoms with E-state index < -0.39 is 11.9 Å². The van der Waals surface area contributed by atoms with Crippen LogP contribution in [-0.2, 0) is 4.74 Å². The van der Waals surface area contributed by atoms with Crippen molar-refractivity contribution in [1.82, 2.24) is 10.2 Å². The van der Waals surface area contributed by atoms with Gasteiger partial charge in [0.15, 0.2) is 11.5 Å². The summed E-state index contributed by atoms with van der Waals surface area (Å²) >= 11 is 0. The normalized spacial score (nSPS) is 16.8. The van der Waals surface area contributed by atoms with Gasteiger partial charge in [0.25, 0.3) is 5.91 Å². The highest BCUT2D eigenvalue weighted by atomic mass is 16.5. The quantitative estimate of drug-likeness (QED) is 0.850. The van der Waals surface area contributed by atoms with Crippen LogP contribution in [0.15, 0.2) is 36.4 Å². The standard InChI is InChI=1S/C19H22N4O3/c1-13-6-5-11-23(12-13)17-10-9-16(21-22-17)18(24)20-15-8-4-3-7-14(15)19(25)26-2/h3-4,7-10,13H,5-6,11-12H2,1-2H3,(H,20,24). The van der Waals surface area contributed by atoms with E-state index in [1.54, 1.807) is 30.3 Å². The number of para-hydroxylation sites is 1. The fourth-order valence-electron chi connectivity index (χ4n) is 3.08. The Bertz CT molecular complexity index is 792. The second kappa shape index (κ2) is 7.95. The van der Waals surface area contributed by atoms with Crippen molar-refractivity contribution in [2.24, 2.45) is 5.92 Å². The van der Waals surface area contributed by atoms with Gasteiger partial charge in [0.1, 0.15) is 0 Å². The number of nitrogens with zero attached hydrogens (tertiary/aromatic N) is 3. The van der Waals surface area contributed by atoms with Crippen LogP contribution in [0.2, 0.25) is 0 Å². The molecule has 7 heteroatoms. The monoisotopic (exact) mass is 354 g/mol. The Morgan fingerprint density at radius 1 is 1.19 bits per heavy atom. The van der Waals surface area contributed by atoms with Gasteiger partial charge in [-0.3, -0.25) is 4.79 Å². The molecule has 2 heterocycles. The van der Waals surface area contributed by atoms with Crippen LogP contribution in [0.5, 0.6) is 0 Å². The van der Waals surface area contributed by atoms with E-state index in [1.807, 2.05) is 6.07 Å². The van der Waals surface area contributed by atoms with Gasteiger partial charge in [-0.2, -0.15) is 0 Å². The Kier molecular flexibility index (Phi) is 5.46. The summed E-state index contributed by atoms with van der Waals surface area (Å²) in [6.07, 6.45) is 2.36. The average molecular weight is 354 g/mol. The van der Waals surface area contributed by atoms with E-state index in [-0.39, 0.29) is 11.3 Å². The molecule has 7 nitrogen and oxygen atoms in total. The van der Waals surface area contributed by atoms with Crippen molar-refractivity contribution in [2.45, 2.75) is 19.8 Å². The predicted molar refractivity (Wildman–Crippen MR) is 98.4 cm³/mol. The van der Waals surface area contributed by atoms with Crippen molar-refractivity contribution < 1.29 is 14.3 Å². The summed E-state index contributed by atoms with van der Waals surface area (Å²) in [6, 6.07) is 10.1. The molecular weight excluding hydrogens is 332 g/mol. The van der Waals surface area contributed by atoms with Crippen LogP contribution in [0.4, 0.5) is 11.5 Å². The highest BCUT2D eigenvalue weighted by Gasteiger charge is 2.19. The number of benzene rings is 1. The predicted octanol–water partition coefficient (Wildman–Crippen LogP) is 2.75. The molecule has 0 radical (unpaired) electrons. The average Bonchev–Trinajstić information content (AvgIpc) is 2.68. The van der Waals surface area contributed by atoms with E-state index in [2.05, 4.69) is 27.3 Å². The maximum atomic E-state index is 12.4. The van der Waals surface area contributed by atoms with Gasteiger partial charge in [-0.05, 0) is 43.0 Å². The Morgan fingerprint density at radius 3 is 2.69 bits per heavy atom. The van der Waals surface area contributed by atoms with Crippen LogP contribution in [0, 0.1) is 5.92 Å². The second-order valence-electron chi connectivity index (χ2n) is 6.46. The third-order valence-electron chi connectivity index (χ3n) is 4.44. The SMILES string of the molecule is COC(=O)c1ccccc1NC(=O)c1ccc(N2CCCC(C)C2)nn1. The molecule has 0 spiro atoms. The number of anilines is 2. The number of nitrogens with one attached hydrogen (secondary N) is 1. The zero-order valence-corrected chi connectivity index (χ0v) is 14.9. The van der Waals surface area contributed by atoms with Gasteiger partial charge in [0, 0.05) is 13.1 Å². The first kappa shape index (κ1) is 17.8. The molecule has 0 bridgehead atoms. The van der Waals surface area contributed by atoms with Crippen LogP contribution in [0.25, 0.3) is 0 Å². The Balaban J connectivity index is 1.72. The molecule has 1 saturated heterocycles. The molecule has 136 valence electrons. The molecule has 1 atom stereocenters. The summed E-state index contributed by atoms with van der Waals surface area (Å²) in [5.74, 6) is 0.473. The number of rotatable bonds is 4. The minimum Gasteiger partial charge on any atom is -0.465 e. The number of esters is 1. The molecule has 3 rings (SSSR count). The van der Waals surface area contributed by atoms with Gasteiger partial charge in [0.05, 0.1) is 18.4 Å². The number of amides is 1. The van der Waals surface area contributed by atoms with Gasteiger partial charge < -0.3 is 15.0 Å². The van der Waals surface area contributed by atoms with E-state index in [1.165, 1.54) is 13.5 Å². The number of hydrogen-bond acceptors (Lipinski definition) is 6. The first-order chi connectivity index (χ1) is 12.6. The van der Waals surface area contributed by atoms with E-state index >= 15 is 0 Å². The van der Waals surface area contributed by atoms with Crippen molar-refractivity contribution in [2.75, 3.05) is 30.4 Å². The molecule has 1 aromatic heterocycles. The van der Waals surface area contributed by atoms with Gasteiger partial charge >= 0.3 is 5.97 Å². The van der Waals surface area contributed by atoms with Crippen LogP contribution >= 0.6 is 0 Å². The summed E-state index contributed by atoms with van der Waals surface area (Å²) < 4.78 is 4.73. The number of hydrogen-bond donors (Lipinski definition) is 1. The van der Waals surface area contributed by atoms with Crippen LogP contribution in [-0.4, -0.2) is 42.3 Å². The van der Waals surface area contributed by atoms with Gasteiger partial charge in [0.2, 0.25) is 0 Å². The molecule has 1 N–H and O–H groups in total. The molecule has 26 heavy (non-hydrogen) atoms. The molecule has 0 saturated carbocycles. The van der Waals surface area contributed by atoms with Crippen molar-refractivity contribution in [3.8, 4) is 0 Å². The van der Waals surface area contributed by atoms with E-state index in [0.717, 1.165) is 25.3 Å². The topological polar surface area (TPSA) is 84.4 Å². The molecule has 1 fully saturated rings. The maximum absolute atomic E-state index is 12.4. The van der Waals surface area contributed by atoms with Crippen LogP contribution in [0.1, 0.15) is 40.6 Å². The number of carbonyl (C=O) groups excluding carboxylic acids is 2. The zero-order valence-electron chi connectivity index (χ0n) is 14.9. The summed E-state index contributed by atoms with van der Waals surface area (Å²) in [5.41, 5.74) is 0.855. The number of piperidine rings is 1. The third-order valence-corrected chi connectivity index (χ3v) is 4.44. The molecular formula is C19H22N4O3. The van der Waals surface area contributed by atoms with Crippen molar-refractivity contribution in [3.05, 3.63) is 47.7 Å². The van der Waals surface area contributed by atoms with Gasteiger partial charge in [-0.15, -0.1) is 10.2 Å². The Morgan fingerprint density at radius 2 is 2.00 bits per heavy atom. The molecule has 1 aliphatic heterocycles. The summed E-state index contributed by atoms with van der Waals surface area (Å²) in [5, 5.41) is 10.9. The Hall–Kier alpha value is -2.96. The van der Waals surface area contributed by atoms with E-state index in [0.29, 0.717) is 11.6 Å². The lowest BCUT2D eigenvalue weighted by atomic mass is 10.0. The molecule has 1 aromatic carbocycles. The summed E-state index contributed by atoms with van der Waals surface area (Å²) in [7, 11) is 1.30. The molecule has 1 aliphatic rings. The highest BCUT2D eigenvalue weighted by molar-refractivity contribution is 6.07. The maximum Gasteiger partial charge on any atom is 0.339 e. The third kappa shape index (κ3) is 3.99. The van der Waals surface area contributed by atoms with Crippen molar-refractivity contribution >= 4 is 23.4 Å². The first-order valence-electron chi connectivity index (χ1n) is 8.66. The van der Waals surface area contributed by atoms with E-state index in [4.69, 9.17) is 4.74 Å². The molecule has 2 aromatic rings. The fourth-order valence-corrected chi connectivity index (χ4v) is 3.08. The lowest BCUT2D eigenvalue weighted by Gasteiger charge is -2.31. The minimum absolute atomic E-state index is 0.193. The first-order valence-corrected chi connectivity index (χ1v) is 8.66. The highest BCUT2D eigenvalue weighted by Crippen LogP contribution is 2.21.